The monoisotopic (exact) mass is 332 g/mol. The minimum atomic E-state index is 0.805. The number of fused-ring (bicyclic) bond motifs is 3. The second-order valence-electron chi connectivity index (χ2n) is 8.32. The van der Waals surface area contributed by atoms with Gasteiger partial charge >= 0.3 is 0 Å². The minimum Gasteiger partial charge on any atom is -0.115 e. The van der Waals surface area contributed by atoms with Gasteiger partial charge in [-0.05, 0) is 105 Å². The molecule has 1 unspecified atom stereocenters. The molecule has 0 amide bonds. The van der Waals surface area contributed by atoms with Crippen LogP contribution in [0.15, 0.2) is 35.4 Å². The lowest BCUT2D eigenvalue weighted by molar-refractivity contribution is 0.223. The van der Waals surface area contributed by atoms with Crippen molar-refractivity contribution in [1.29, 1.82) is 0 Å². The summed E-state index contributed by atoms with van der Waals surface area (Å²) in [5, 5.41) is 0. The molecule has 3 rings (SSSR count). The SMILES string of the molecule is C#C/C(C)=C\C=C(\C)CC[C@@H]1CCC[C@H]2Cc3c(C)ccc(C)c3C12. The highest BCUT2D eigenvalue weighted by atomic mass is 14.4. The van der Waals surface area contributed by atoms with Gasteiger partial charge in [-0.3, -0.25) is 0 Å². The summed E-state index contributed by atoms with van der Waals surface area (Å²) in [5.41, 5.74) is 8.91. The van der Waals surface area contributed by atoms with E-state index in [4.69, 9.17) is 6.42 Å². The maximum atomic E-state index is 5.43. The first kappa shape index (κ1) is 18.1. The summed E-state index contributed by atoms with van der Waals surface area (Å²) in [4.78, 5) is 0. The Labute approximate surface area is 154 Å². The summed E-state index contributed by atoms with van der Waals surface area (Å²) in [6.07, 6.45) is 17.8. The molecular formula is C25H32. The number of terminal acetylenes is 1. The van der Waals surface area contributed by atoms with Gasteiger partial charge in [0.25, 0.3) is 0 Å². The van der Waals surface area contributed by atoms with Crippen LogP contribution >= 0.6 is 0 Å². The lowest BCUT2D eigenvalue weighted by atomic mass is 9.69. The summed E-state index contributed by atoms with van der Waals surface area (Å²) < 4.78 is 0. The van der Waals surface area contributed by atoms with Crippen LogP contribution in [0.5, 0.6) is 0 Å². The Morgan fingerprint density at radius 1 is 1.16 bits per heavy atom. The molecule has 0 radical (unpaired) electrons. The molecule has 0 aliphatic heterocycles. The molecule has 132 valence electrons. The second-order valence-corrected chi connectivity index (χ2v) is 8.32. The van der Waals surface area contributed by atoms with Gasteiger partial charge in [0.1, 0.15) is 0 Å². The number of benzene rings is 1. The van der Waals surface area contributed by atoms with Crippen molar-refractivity contribution in [2.24, 2.45) is 11.8 Å². The highest BCUT2D eigenvalue weighted by Crippen LogP contribution is 2.52. The molecule has 0 nitrogen and oxygen atoms in total. The average Bonchev–Trinajstić information content (AvgIpc) is 3.02. The van der Waals surface area contributed by atoms with Gasteiger partial charge in [0.15, 0.2) is 0 Å². The number of aryl methyl sites for hydroxylation is 2. The van der Waals surface area contributed by atoms with Gasteiger partial charge in [0.2, 0.25) is 0 Å². The summed E-state index contributed by atoms with van der Waals surface area (Å²) in [6, 6.07) is 4.67. The van der Waals surface area contributed by atoms with Gasteiger partial charge in [-0.25, -0.2) is 0 Å². The Kier molecular flexibility index (Phi) is 5.53. The topological polar surface area (TPSA) is 0 Å². The molecule has 1 saturated carbocycles. The van der Waals surface area contributed by atoms with Crippen LogP contribution in [0.25, 0.3) is 0 Å². The van der Waals surface area contributed by atoms with Crippen molar-refractivity contribution in [2.75, 3.05) is 0 Å². The van der Waals surface area contributed by atoms with Crippen molar-refractivity contribution in [3.63, 3.8) is 0 Å². The molecular weight excluding hydrogens is 300 g/mol. The van der Waals surface area contributed by atoms with Crippen LogP contribution in [0, 0.1) is 38.0 Å². The van der Waals surface area contributed by atoms with Crippen molar-refractivity contribution in [3.8, 4) is 12.3 Å². The standard InChI is InChI=1S/C25H32/c1-6-17(2)10-11-18(3)12-15-21-8-7-9-22-16-23-19(4)13-14-20(5)24(23)25(21)22/h1,10-11,13-14,21-22,25H,7-9,12,15-16H2,2-5H3/b17-10-,18-11-/t21-,22-,25?/m0/s1. The highest BCUT2D eigenvalue weighted by molar-refractivity contribution is 5.47. The smallest absolute Gasteiger partial charge is 0.00135 e. The summed E-state index contributed by atoms with van der Waals surface area (Å²) in [6.45, 7) is 8.87. The van der Waals surface area contributed by atoms with E-state index in [0.717, 1.165) is 23.3 Å². The van der Waals surface area contributed by atoms with E-state index in [9.17, 15) is 0 Å². The van der Waals surface area contributed by atoms with Crippen molar-refractivity contribution in [1.82, 2.24) is 0 Å². The predicted octanol–water partition coefficient (Wildman–Crippen LogP) is 6.67. The second kappa shape index (κ2) is 7.65. The quantitative estimate of drug-likeness (QED) is 0.427. The molecule has 3 atom stereocenters. The van der Waals surface area contributed by atoms with Crippen LogP contribution in [0.3, 0.4) is 0 Å². The van der Waals surface area contributed by atoms with Crippen molar-refractivity contribution >= 4 is 0 Å². The first-order chi connectivity index (χ1) is 12.0. The third-order valence-electron chi connectivity index (χ3n) is 6.53. The van der Waals surface area contributed by atoms with Gasteiger partial charge in [-0.15, -0.1) is 6.42 Å². The van der Waals surface area contributed by atoms with E-state index in [0.29, 0.717) is 0 Å². The molecule has 1 fully saturated rings. The van der Waals surface area contributed by atoms with Crippen LogP contribution < -0.4 is 0 Å². The lowest BCUT2D eigenvalue weighted by Crippen LogP contribution is -2.24. The van der Waals surface area contributed by atoms with Crippen LogP contribution in [-0.4, -0.2) is 0 Å². The third-order valence-corrected chi connectivity index (χ3v) is 6.53. The molecule has 2 aliphatic rings. The largest absolute Gasteiger partial charge is 0.115 e. The van der Waals surface area contributed by atoms with Gasteiger partial charge in [-0.2, -0.15) is 0 Å². The fraction of sp³-hybridized carbons (Fsp3) is 0.520. The maximum Gasteiger partial charge on any atom is -0.00135 e. The predicted molar refractivity (Wildman–Crippen MR) is 109 cm³/mol. The number of hydrogen-bond acceptors (Lipinski definition) is 0. The third kappa shape index (κ3) is 3.77. The van der Waals surface area contributed by atoms with E-state index in [-0.39, 0.29) is 0 Å². The van der Waals surface area contributed by atoms with E-state index >= 15 is 0 Å². The molecule has 0 saturated heterocycles. The molecule has 1 aromatic rings. The minimum absolute atomic E-state index is 0.805. The van der Waals surface area contributed by atoms with Crippen molar-refractivity contribution < 1.29 is 0 Å². The van der Waals surface area contributed by atoms with Crippen molar-refractivity contribution in [3.05, 3.63) is 57.7 Å². The van der Waals surface area contributed by atoms with Crippen LogP contribution in [0.2, 0.25) is 0 Å². The molecule has 0 bridgehead atoms. The first-order valence-corrected chi connectivity index (χ1v) is 9.91. The molecule has 0 heterocycles. The maximum absolute atomic E-state index is 5.43. The number of hydrogen-bond donors (Lipinski definition) is 0. The average molecular weight is 333 g/mol. The van der Waals surface area contributed by atoms with Crippen LogP contribution in [0.4, 0.5) is 0 Å². The van der Waals surface area contributed by atoms with E-state index in [1.807, 2.05) is 6.92 Å². The fourth-order valence-electron chi connectivity index (χ4n) is 5.11. The Balaban J connectivity index is 1.76. The number of allylic oxidation sites excluding steroid dienone is 4. The lowest BCUT2D eigenvalue weighted by Gasteiger charge is -2.35. The van der Waals surface area contributed by atoms with E-state index < -0.39 is 0 Å². The normalized spacial score (nSPS) is 26.1. The van der Waals surface area contributed by atoms with Crippen molar-refractivity contribution in [2.45, 2.75) is 72.1 Å². The molecule has 0 heteroatoms. The van der Waals surface area contributed by atoms with Gasteiger partial charge in [0.05, 0.1) is 0 Å². The summed E-state index contributed by atoms with van der Waals surface area (Å²) in [7, 11) is 0. The van der Waals surface area contributed by atoms with E-state index in [1.54, 1.807) is 11.1 Å². The Hall–Kier alpha value is -1.74. The van der Waals surface area contributed by atoms with E-state index in [2.05, 4.69) is 51.0 Å². The summed E-state index contributed by atoms with van der Waals surface area (Å²) in [5.74, 6) is 5.24. The number of rotatable bonds is 4. The molecule has 0 spiro atoms. The summed E-state index contributed by atoms with van der Waals surface area (Å²) >= 11 is 0. The Bertz CT molecular complexity index is 738. The van der Waals surface area contributed by atoms with Gasteiger partial charge < -0.3 is 0 Å². The molecule has 2 aliphatic carbocycles. The fourth-order valence-corrected chi connectivity index (χ4v) is 5.11. The zero-order valence-electron chi connectivity index (χ0n) is 16.4. The van der Waals surface area contributed by atoms with E-state index in [1.165, 1.54) is 55.2 Å². The zero-order valence-corrected chi connectivity index (χ0v) is 16.4. The molecule has 1 aromatic carbocycles. The van der Waals surface area contributed by atoms with Gasteiger partial charge in [-0.1, -0.05) is 42.2 Å². The molecule has 0 N–H and O–H groups in total. The Morgan fingerprint density at radius 3 is 2.68 bits per heavy atom. The first-order valence-electron chi connectivity index (χ1n) is 9.91. The Morgan fingerprint density at radius 2 is 1.92 bits per heavy atom. The molecule has 25 heavy (non-hydrogen) atoms. The highest BCUT2D eigenvalue weighted by Gasteiger charge is 2.41. The van der Waals surface area contributed by atoms with Crippen LogP contribution in [0.1, 0.15) is 74.1 Å². The molecule has 0 aromatic heterocycles. The van der Waals surface area contributed by atoms with Gasteiger partial charge in [0, 0.05) is 0 Å². The van der Waals surface area contributed by atoms with Crippen LogP contribution in [-0.2, 0) is 6.42 Å². The zero-order chi connectivity index (χ0) is 18.0.